The van der Waals surface area contributed by atoms with Crippen LogP contribution in [0, 0.1) is 0 Å². The smallest absolute Gasteiger partial charge is 0.180 e. The van der Waals surface area contributed by atoms with E-state index in [0.717, 1.165) is 33.5 Å². The van der Waals surface area contributed by atoms with E-state index in [9.17, 15) is 5.21 Å². The predicted molar refractivity (Wildman–Crippen MR) is 104 cm³/mol. The molecule has 2 N–H and O–H groups in total. The van der Waals surface area contributed by atoms with Gasteiger partial charge in [-0.1, -0.05) is 91.0 Å². The fraction of sp³-hybridized carbons (Fsp3) is 0. The van der Waals surface area contributed by atoms with Gasteiger partial charge in [0.1, 0.15) is 5.69 Å². The third-order valence-electron chi connectivity index (χ3n) is 4.25. The van der Waals surface area contributed by atoms with Gasteiger partial charge in [-0.3, -0.25) is 10.7 Å². The lowest BCUT2D eigenvalue weighted by Crippen LogP contribution is -2.03. The number of hydrogen-bond acceptors (Lipinski definition) is 4. The molecule has 0 aliphatic rings. The van der Waals surface area contributed by atoms with Gasteiger partial charge in [0.2, 0.25) is 0 Å². The van der Waals surface area contributed by atoms with Crippen molar-refractivity contribution < 1.29 is 5.21 Å². The number of anilines is 1. The molecule has 0 aliphatic heterocycles. The summed E-state index contributed by atoms with van der Waals surface area (Å²) in [6, 6.07) is 29.9. The van der Waals surface area contributed by atoms with Crippen molar-refractivity contribution in [3.63, 3.8) is 0 Å². The normalized spacial score (nSPS) is 10.5. The first-order valence-corrected chi connectivity index (χ1v) is 8.35. The molecule has 0 spiro atoms. The zero-order valence-electron chi connectivity index (χ0n) is 14.0. The highest BCUT2D eigenvalue weighted by atomic mass is 16.5. The molecule has 3 aromatic carbocycles. The van der Waals surface area contributed by atoms with Crippen LogP contribution in [0.4, 0.5) is 5.82 Å². The van der Waals surface area contributed by atoms with Crippen LogP contribution >= 0.6 is 0 Å². The van der Waals surface area contributed by atoms with E-state index in [4.69, 9.17) is 0 Å². The van der Waals surface area contributed by atoms with Crippen LogP contribution in [0.2, 0.25) is 0 Å². The summed E-state index contributed by atoms with van der Waals surface area (Å²) in [6.45, 7) is 0. The molecular formula is C22H17N3O. The van der Waals surface area contributed by atoms with Gasteiger partial charge in [-0.15, -0.1) is 10.2 Å². The van der Waals surface area contributed by atoms with E-state index in [1.54, 1.807) is 0 Å². The van der Waals surface area contributed by atoms with Gasteiger partial charge in [-0.05, 0) is 11.1 Å². The van der Waals surface area contributed by atoms with Crippen LogP contribution in [0.1, 0.15) is 0 Å². The summed E-state index contributed by atoms with van der Waals surface area (Å²) in [5.74, 6) is 0.328. The third-order valence-corrected chi connectivity index (χ3v) is 4.25. The van der Waals surface area contributed by atoms with Crippen molar-refractivity contribution in [3.05, 3.63) is 91.0 Å². The molecule has 4 heteroatoms. The number of benzene rings is 3. The Bertz CT molecular complexity index is 1000. The molecule has 4 nitrogen and oxygen atoms in total. The number of hydrogen-bond donors (Lipinski definition) is 2. The zero-order chi connectivity index (χ0) is 17.8. The maximum absolute atomic E-state index is 9.66. The van der Waals surface area contributed by atoms with Gasteiger partial charge in [0, 0.05) is 16.7 Å². The van der Waals surface area contributed by atoms with E-state index in [0.29, 0.717) is 5.82 Å². The van der Waals surface area contributed by atoms with Gasteiger partial charge in [0.25, 0.3) is 0 Å². The number of rotatable bonds is 4. The minimum Gasteiger partial charge on any atom is -0.290 e. The molecule has 26 heavy (non-hydrogen) atoms. The van der Waals surface area contributed by atoms with Crippen molar-refractivity contribution in [2.75, 3.05) is 5.48 Å². The second kappa shape index (κ2) is 7.17. The van der Waals surface area contributed by atoms with Crippen molar-refractivity contribution in [3.8, 4) is 33.5 Å². The van der Waals surface area contributed by atoms with Crippen molar-refractivity contribution in [2.45, 2.75) is 0 Å². The maximum atomic E-state index is 9.66. The molecule has 126 valence electrons. The van der Waals surface area contributed by atoms with E-state index in [2.05, 4.69) is 15.7 Å². The molecule has 0 fully saturated rings. The first kappa shape index (κ1) is 16.0. The average Bonchev–Trinajstić information content (AvgIpc) is 2.74. The number of aromatic nitrogens is 2. The molecule has 0 saturated heterocycles. The fourth-order valence-electron chi connectivity index (χ4n) is 3.08. The Morgan fingerprint density at radius 1 is 0.538 bits per heavy atom. The monoisotopic (exact) mass is 339 g/mol. The fourth-order valence-corrected chi connectivity index (χ4v) is 3.08. The third kappa shape index (κ3) is 2.94. The number of nitrogens with one attached hydrogen (secondary N) is 1. The van der Waals surface area contributed by atoms with E-state index in [-0.39, 0.29) is 0 Å². The summed E-state index contributed by atoms with van der Waals surface area (Å²) in [6.07, 6.45) is 0. The summed E-state index contributed by atoms with van der Waals surface area (Å²) in [5.41, 5.74) is 7.66. The molecule has 0 saturated carbocycles. The standard InChI is InChI=1S/C22H17N3O/c26-25-22-20(17-12-6-2-7-13-17)19(16-10-4-1-5-11-16)21(23-24-22)18-14-8-3-9-15-18/h1-15,26H,(H,24,25). The van der Waals surface area contributed by atoms with Crippen LogP contribution in [0.25, 0.3) is 33.5 Å². The van der Waals surface area contributed by atoms with E-state index < -0.39 is 0 Å². The highest BCUT2D eigenvalue weighted by molar-refractivity contribution is 5.96. The highest BCUT2D eigenvalue weighted by Gasteiger charge is 2.20. The molecule has 0 radical (unpaired) electrons. The Hall–Kier alpha value is -3.50. The predicted octanol–water partition coefficient (Wildman–Crippen LogP) is 5.28. The van der Waals surface area contributed by atoms with Crippen LogP contribution in [0.5, 0.6) is 0 Å². The molecule has 0 unspecified atom stereocenters. The van der Waals surface area contributed by atoms with Crippen molar-refractivity contribution in [2.24, 2.45) is 0 Å². The second-order valence-electron chi connectivity index (χ2n) is 5.86. The van der Waals surface area contributed by atoms with Gasteiger partial charge in [0.05, 0.1) is 0 Å². The largest absolute Gasteiger partial charge is 0.290 e. The Labute approximate surface area is 151 Å². The Morgan fingerprint density at radius 3 is 1.50 bits per heavy atom. The topological polar surface area (TPSA) is 58.0 Å². The van der Waals surface area contributed by atoms with Gasteiger partial charge in [-0.2, -0.15) is 0 Å². The molecule has 1 aromatic heterocycles. The quantitative estimate of drug-likeness (QED) is 0.497. The summed E-state index contributed by atoms with van der Waals surface area (Å²) in [7, 11) is 0. The summed E-state index contributed by atoms with van der Waals surface area (Å²) < 4.78 is 0. The van der Waals surface area contributed by atoms with Crippen molar-refractivity contribution in [1.82, 2.24) is 10.2 Å². The molecule has 0 bridgehead atoms. The van der Waals surface area contributed by atoms with Gasteiger partial charge < -0.3 is 0 Å². The van der Waals surface area contributed by atoms with Gasteiger partial charge >= 0.3 is 0 Å². The average molecular weight is 339 g/mol. The van der Waals surface area contributed by atoms with Crippen LogP contribution in [0.3, 0.4) is 0 Å². The van der Waals surface area contributed by atoms with Gasteiger partial charge in [0.15, 0.2) is 5.82 Å². The molecule has 4 aromatic rings. The lowest BCUT2D eigenvalue weighted by atomic mass is 9.91. The van der Waals surface area contributed by atoms with Gasteiger partial charge in [-0.25, -0.2) is 0 Å². The van der Waals surface area contributed by atoms with E-state index >= 15 is 0 Å². The first-order chi connectivity index (χ1) is 12.9. The summed E-state index contributed by atoms with van der Waals surface area (Å²) in [4.78, 5) is 0. The molecule has 0 amide bonds. The van der Waals surface area contributed by atoms with Crippen LogP contribution in [-0.2, 0) is 0 Å². The molecule has 4 rings (SSSR count). The van der Waals surface area contributed by atoms with E-state index in [1.165, 1.54) is 0 Å². The summed E-state index contributed by atoms with van der Waals surface area (Å²) >= 11 is 0. The Balaban J connectivity index is 2.09. The first-order valence-electron chi connectivity index (χ1n) is 8.35. The highest BCUT2D eigenvalue weighted by Crippen LogP contribution is 2.41. The Kier molecular flexibility index (Phi) is 4.41. The molecule has 0 aliphatic carbocycles. The summed E-state index contributed by atoms with van der Waals surface area (Å²) in [5, 5.41) is 18.3. The Morgan fingerprint density at radius 2 is 1.00 bits per heavy atom. The van der Waals surface area contributed by atoms with Crippen LogP contribution < -0.4 is 5.48 Å². The van der Waals surface area contributed by atoms with Crippen LogP contribution in [-0.4, -0.2) is 15.4 Å². The lowest BCUT2D eigenvalue weighted by Gasteiger charge is -2.17. The number of nitrogens with zero attached hydrogens (tertiary/aromatic N) is 2. The lowest BCUT2D eigenvalue weighted by molar-refractivity contribution is 0.385. The molecule has 0 atom stereocenters. The molecular weight excluding hydrogens is 322 g/mol. The minimum absolute atomic E-state index is 0.328. The van der Waals surface area contributed by atoms with Crippen LogP contribution in [0.15, 0.2) is 91.0 Å². The zero-order valence-corrected chi connectivity index (χ0v) is 14.0. The van der Waals surface area contributed by atoms with Crippen molar-refractivity contribution in [1.29, 1.82) is 0 Å². The van der Waals surface area contributed by atoms with E-state index in [1.807, 2.05) is 91.0 Å². The minimum atomic E-state index is 0.328. The second-order valence-corrected chi connectivity index (χ2v) is 5.86. The SMILES string of the molecule is ONc1nnc(-c2ccccc2)c(-c2ccccc2)c1-c1ccccc1. The maximum Gasteiger partial charge on any atom is 0.180 e. The van der Waals surface area contributed by atoms with Crippen molar-refractivity contribution >= 4 is 5.82 Å². The molecule has 1 heterocycles.